The Labute approximate surface area is 205 Å². The average molecular weight is 539 g/mol. The number of H-pyrrole nitrogens is 1. The largest absolute Gasteiger partial charge is 0.423 e. The minimum Gasteiger partial charge on any atom is -0.391 e. The van der Waals surface area contributed by atoms with Crippen molar-refractivity contribution in [2.24, 2.45) is 5.92 Å². The van der Waals surface area contributed by atoms with Gasteiger partial charge < -0.3 is 15.3 Å². The minimum atomic E-state index is -4.91. The number of anilines is 2. The molecule has 1 saturated heterocycles. The number of piperidine rings is 1. The van der Waals surface area contributed by atoms with Crippen molar-refractivity contribution in [1.29, 1.82) is 0 Å². The molecule has 2 unspecified atom stereocenters. The third kappa shape index (κ3) is 7.51. The van der Waals surface area contributed by atoms with Gasteiger partial charge in [-0.25, -0.2) is 20.5 Å². The van der Waals surface area contributed by atoms with Gasteiger partial charge >= 0.3 is 12.4 Å². The smallest absolute Gasteiger partial charge is 0.391 e. The number of halogens is 6. The lowest BCUT2D eigenvalue weighted by Crippen LogP contribution is -2.46. The van der Waals surface area contributed by atoms with E-state index in [4.69, 9.17) is 4.84 Å². The van der Waals surface area contributed by atoms with E-state index < -0.39 is 58.7 Å². The number of nitrogens with zero attached hydrogens (tertiary/aromatic N) is 4. The molecule has 1 fully saturated rings. The molecule has 11 nitrogen and oxygen atoms in total. The van der Waals surface area contributed by atoms with Crippen LogP contribution in [0.15, 0.2) is 23.4 Å². The molecule has 3 heterocycles. The van der Waals surface area contributed by atoms with Crippen LogP contribution in [0.2, 0.25) is 0 Å². The van der Waals surface area contributed by atoms with Crippen LogP contribution in [0.1, 0.15) is 30.9 Å². The van der Waals surface area contributed by atoms with Crippen molar-refractivity contribution in [2.75, 3.05) is 29.9 Å². The number of hydrogen-bond donors (Lipinski definition) is 4. The molecule has 3 atom stereocenters. The van der Waals surface area contributed by atoms with Gasteiger partial charge in [0.05, 0.1) is 30.2 Å². The zero-order chi connectivity index (χ0) is 27.4. The fraction of sp³-hybridized carbons (Fsp3) is 0.550. The second kappa shape index (κ2) is 11.3. The summed E-state index contributed by atoms with van der Waals surface area (Å²) in [5.74, 6) is -1.06. The number of aliphatic hydroxyl groups is 1. The maximum atomic E-state index is 13.1. The topological polar surface area (TPSA) is 145 Å². The van der Waals surface area contributed by atoms with Crippen molar-refractivity contribution < 1.29 is 41.1 Å². The molecule has 4 N–H and O–H groups in total. The molecule has 3 rings (SSSR count). The summed E-state index contributed by atoms with van der Waals surface area (Å²) < 4.78 is 77.3. The van der Waals surface area contributed by atoms with E-state index in [1.54, 1.807) is 5.10 Å². The second-order valence-electron chi connectivity index (χ2n) is 8.40. The average Bonchev–Trinajstić information content (AvgIpc) is 2.79. The molecule has 17 heteroatoms. The van der Waals surface area contributed by atoms with Crippen molar-refractivity contribution in [2.45, 2.75) is 44.3 Å². The Kier molecular flexibility index (Phi) is 8.57. The van der Waals surface area contributed by atoms with E-state index >= 15 is 0 Å². The number of aromatic nitrogens is 4. The molecule has 2 aromatic rings. The standard InChI is InChI=1S/C20H23F6N7O4/c1-10(30-13-7-29-31-17(36)16(13)20(24,25)26)9-37-32-15(35)4-11-2-3-33(8-14(11)34)18-27-5-12(6-28-18)19(21,22)23/h5-7,10-11,14,34H,2-4,8-9H2,1H3,(H,32,35)(H2,30,31,36)/t10-,11?,14?/m0/s1. The zero-order valence-electron chi connectivity index (χ0n) is 19.2. The molecule has 1 amide bonds. The highest BCUT2D eigenvalue weighted by atomic mass is 19.4. The van der Waals surface area contributed by atoms with Gasteiger partial charge in [-0.15, -0.1) is 0 Å². The molecule has 0 saturated carbocycles. The van der Waals surface area contributed by atoms with Crippen LogP contribution in [-0.4, -0.2) is 63.0 Å². The number of amides is 1. The van der Waals surface area contributed by atoms with Gasteiger partial charge in [0.1, 0.15) is 5.56 Å². The van der Waals surface area contributed by atoms with Gasteiger partial charge in [0.25, 0.3) is 5.56 Å². The SMILES string of the molecule is C[C@@H](CONC(=O)CC1CCN(c2ncc(C(F)(F)F)cn2)CC1O)Nc1cn[nH]c(=O)c1C(F)(F)F. The first-order chi connectivity index (χ1) is 17.3. The highest BCUT2D eigenvalue weighted by molar-refractivity contribution is 5.75. The quantitative estimate of drug-likeness (QED) is 0.291. The molecule has 0 bridgehead atoms. The summed E-state index contributed by atoms with van der Waals surface area (Å²) in [7, 11) is 0. The number of carbonyl (C=O) groups excluding carboxylic acids is 1. The first-order valence-corrected chi connectivity index (χ1v) is 10.9. The number of aromatic amines is 1. The molecule has 0 spiro atoms. The minimum absolute atomic E-state index is 0.00307. The number of alkyl halides is 6. The van der Waals surface area contributed by atoms with Gasteiger partial charge in [0.15, 0.2) is 0 Å². The Morgan fingerprint density at radius 3 is 2.49 bits per heavy atom. The molecule has 0 aromatic carbocycles. The third-order valence-corrected chi connectivity index (χ3v) is 5.48. The lowest BCUT2D eigenvalue weighted by atomic mass is 9.91. The predicted molar refractivity (Wildman–Crippen MR) is 115 cm³/mol. The molecule has 1 aliphatic rings. The number of carbonyl (C=O) groups is 1. The Bertz CT molecular complexity index is 1130. The number of hydroxylamine groups is 1. The van der Waals surface area contributed by atoms with Crippen molar-refractivity contribution in [3.63, 3.8) is 0 Å². The predicted octanol–water partition coefficient (Wildman–Crippen LogP) is 1.72. The fourth-order valence-corrected chi connectivity index (χ4v) is 3.65. The summed E-state index contributed by atoms with van der Waals surface area (Å²) in [5.41, 5.74) is -2.25. The molecule has 1 aliphatic heterocycles. The maximum absolute atomic E-state index is 13.1. The van der Waals surface area contributed by atoms with E-state index in [1.807, 2.05) is 0 Å². The fourth-order valence-electron chi connectivity index (χ4n) is 3.65. The van der Waals surface area contributed by atoms with Crippen LogP contribution in [0.5, 0.6) is 0 Å². The van der Waals surface area contributed by atoms with Crippen LogP contribution in [0, 0.1) is 5.92 Å². The van der Waals surface area contributed by atoms with E-state index in [1.165, 1.54) is 11.8 Å². The summed E-state index contributed by atoms with van der Waals surface area (Å²) in [4.78, 5) is 37.6. The van der Waals surface area contributed by atoms with Crippen LogP contribution >= 0.6 is 0 Å². The molecule has 0 aliphatic carbocycles. The highest BCUT2D eigenvalue weighted by Gasteiger charge is 2.38. The molecule has 37 heavy (non-hydrogen) atoms. The molecular weight excluding hydrogens is 516 g/mol. The van der Waals surface area contributed by atoms with E-state index in [-0.39, 0.29) is 32.1 Å². The zero-order valence-corrected chi connectivity index (χ0v) is 19.2. The summed E-state index contributed by atoms with van der Waals surface area (Å²) in [6.07, 6.45) is -8.21. The summed E-state index contributed by atoms with van der Waals surface area (Å²) in [5, 5.41) is 17.9. The number of nitrogens with one attached hydrogen (secondary N) is 3. The highest BCUT2D eigenvalue weighted by Crippen LogP contribution is 2.32. The number of hydrogen-bond acceptors (Lipinski definition) is 9. The number of aliphatic hydroxyl groups excluding tert-OH is 1. The van der Waals surface area contributed by atoms with Crippen LogP contribution < -0.4 is 21.3 Å². The summed E-state index contributed by atoms with van der Waals surface area (Å²) >= 11 is 0. The van der Waals surface area contributed by atoms with Crippen molar-refractivity contribution >= 4 is 17.5 Å². The van der Waals surface area contributed by atoms with E-state index in [0.29, 0.717) is 18.8 Å². The van der Waals surface area contributed by atoms with Gasteiger partial charge in [0, 0.05) is 37.9 Å². The summed E-state index contributed by atoms with van der Waals surface area (Å²) in [6.45, 7) is 1.48. The van der Waals surface area contributed by atoms with Crippen LogP contribution in [-0.2, 0) is 22.0 Å². The first kappa shape index (κ1) is 28.1. The van der Waals surface area contributed by atoms with Gasteiger partial charge in [0.2, 0.25) is 11.9 Å². The van der Waals surface area contributed by atoms with Gasteiger partial charge in [-0.1, -0.05) is 0 Å². The van der Waals surface area contributed by atoms with Gasteiger partial charge in [-0.05, 0) is 19.3 Å². The third-order valence-electron chi connectivity index (χ3n) is 5.48. The van der Waals surface area contributed by atoms with Crippen LogP contribution in [0.4, 0.5) is 38.0 Å². The normalized spacial score (nSPS) is 19.4. The Morgan fingerprint density at radius 1 is 1.22 bits per heavy atom. The lowest BCUT2D eigenvalue weighted by molar-refractivity contribution is -0.139. The lowest BCUT2D eigenvalue weighted by Gasteiger charge is -2.35. The van der Waals surface area contributed by atoms with Crippen molar-refractivity contribution in [3.8, 4) is 0 Å². The first-order valence-electron chi connectivity index (χ1n) is 10.9. The number of rotatable bonds is 8. The Balaban J connectivity index is 1.44. The van der Waals surface area contributed by atoms with Crippen LogP contribution in [0.3, 0.4) is 0 Å². The van der Waals surface area contributed by atoms with Crippen molar-refractivity contribution in [3.05, 3.63) is 40.1 Å². The van der Waals surface area contributed by atoms with Gasteiger partial charge in [-0.3, -0.25) is 14.4 Å². The van der Waals surface area contributed by atoms with Crippen LogP contribution in [0.25, 0.3) is 0 Å². The van der Waals surface area contributed by atoms with E-state index in [0.717, 1.165) is 6.20 Å². The van der Waals surface area contributed by atoms with Gasteiger partial charge in [-0.2, -0.15) is 31.4 Å². The number of β-amino-alcohol motifs (C(OH)–C–C–N with tert-alkyl or cyclic N) is 1. The Morgan fingerprint density at radius 2 is 1.89 bits per heavy atom. The molecule has 2 aromatic heterocycles. The molecule has 204 valence electrons. The molecular formula is C20H23F6N7O4. The van der Waals surface area contributed by atoms with Crippen molar-refractivity contribution in [1.82, 2.24) is 25.6 Å². The monoisotopic (exact) mass is 539 g/mol. The molecule has 0 radical (unpaired) electrons. The Hall–Kier alpha value is -3.47. The summed E-state index contributed by atoms with van der Waals surface area (Å²) in [6, 6.07) is -0.762. The van der Waals surface area contributed by atoms with E-state index in [2.05, 4.69) is 25.9 Å². The van der Waals surface area contributed by atoms with E-state index in [9.17, 15) is 41.0 Å². The second-order valence-corrected chi connectivity index (χ2v) is 8.40. The maximum Gasteiger partial charge on any atom is 0.423 e.